The van der Waals surface area contributed by atoms with E-state index < -0.39 is 0 Å². The summed E-state index contributed by atoms with van der Waals surface area (Å²) in [4.78, 5) is 16.7. The molecule has 1 saturated carbocycles. The van der Waals surface area contributed by atoms with E-state index in [1.165, 1.54) is 0 Å². The summed E-state index contributed by atoms with van der Waals surface area (Å²) in [5.74, 6) is -0.104. The van der Waals surface area contributed by atoms with Crippen molar-refractivity contribution >= 4 is 11.6 Å². The van der Waals surface area contributed by atoms with Gasteiger partial charge in [-0.15, -0.1) is 0 Å². The van der Waals surface area contributed by atoms with Crippen LogP contribution in [0, 0.1) is 6.92 Å². The van der Waals surface area contributed by atoms with E-state index in [2.05, 4.69) is 20.5 Å². The Balaban J connectivity index is 1.80. The lowest BCUT2D eigenvalue weighted by atomic mass is 10.2. The molecule has 0 bridgehead atoms. The smallest absolute Gasteiger partial charge is 0.256 e. The average molecular weight is 310 g/mol. The van der Waals surface area contributed by atoms with Gasteiger partial charge in [-0.05, 0) is 32.8 Å². The van der Waals surface area contributed by atoms with Gasteiger partial charge in [0.15, 0.2) is 5.65 Å². The summed E-state index contributed by atoms with van der Waals surface area (Å²) in [6.45, 7) is 4.83. The number of hydrogen-bond acceptors (Lipinski definition) is 4. The Morgan fingerprint density at radius 3 is 2.96 bits per heavy atom. The van der Waals surface area contributed by atoms with Crippen molar-refractivity contribution in [3.05, 3.63) is 35.9 Å². The highest BCUT2D eigenvalue weighted by molar-refractivity contribution is 6.00. The molecule has 118 valence electrons. The van der Waals surface area contributed by atoms with Crippen LogP contribution in [-0.2, 0) is 6.54 Å². The van der Waals surface area contributed by atoms with Crippen molar-refractivity contribution in [3.8, 4) is 11.3 Å². The monoisotopic (exact) mass is 310 g/mol. The molecule has 3 aromatic rings. The van der Waals surface area contributed by atoms with Gasteiger partial charge in [0.25, 0.3) is 5.91 Å². The Morgan fingerprint density at radius 2 is 2.26 bits per heavy atom. The van der Waals surface area contributed by atoms with Gasteiger partial charge in [0.1, 0.15) is 5.56 Å². The Bertz CT molecular complexity index is 889. The van der Waals surface area contributed by atoms with E-state index in [1.54, 1.807) is 16.9 Å². The number of nitrogens with one attached hydrogen (secondary N) is 1. The van der Waals surface area contributed by atoms with Crippen molar-refractivity contribution in [2.24, 2.45) is 0 Å². The summed E-state index contributed by atoms with van der Waals surface area (Å²) in [7, 11) is 0. The van der Waals surface area contributed by atoms with Crippen LogP contribution in [-0.4, -0.2) is 36.3 Å². The van der Waals surface area contributed by atoms with Crippen molar-refractivity contribution in [2.75, 3.05) is 0 Å². The van der Waals surface area contributed by atoms with Gasteiger partial charge in [-0.25, -0.2) is 9.50 Å². The van der Waals surface area contributed by atoms with Crippen LogP contribution in [0.2, 0.25) is 0 Å². The summed E-state index contributed by atoms with van der Waals surface area (Å²) >= 11 is 0. The van der Waals surface area contributed by atoms with Crippen LogP contribution in [0.5, 0.6) is 0 Å². The molecule has 1 aliphatic rings. The summed E-state index contributed by atoms with van der Waals surface area (Å²) in [6.07, 6.45) is 7.40. The first-order valence-corrected chi connectivity index (χ1v) is 7.85. The summed E-state index contributed by atoms with van der Waals surface area (Å²) in [6, 6.07) is 2.21. The number of aromatic nitrogens is 5. The van der Waals surface area contributed by atoms with Gasteiger partial charge >= 0.3 is 0 Å². The highest BCUT2D eigenvalue weighted by Crippen LogP contribution is 2.24. The Labute approximate surface area is 133 Å². The van der Waals surface area contributed by atoms with Crippen molar-refractivity contribution in [1.29, 1.82) is 0 Å². The third kappa shape index (κ3) is 2.38. The molecule has 1 amide bonds. The van der Waals surface area contributed by atoms with Crippen molar-refractivity contribution in [1.82, 2.24) is 29.7 Å². The maximum Gasteiger partial charge on any atom is 0.256 e. The molecule has 7 nitrogen and oxygen atoms in total. The fourth-order valence-corrected chi connectivity index (χ4v) is 2.68. The van der Waals surface area contributed by atoms with E-state index >= 15 is 0 Å². The Morgan fingerprint density at radius 1 is 1.43 bits per heavy atom. The number of fused-ring (bicyclic) bond motifs is 1. The minimum atomic E-state index is -0.104. The van der Waals surface area contributed by atoms with Crippen LogP contribution in [0.3, 0.4) is 0 Å². The quantitative estimate of drug-likeness (QED) is 0.797. The second-order valence-electron chi connectivity index (χ2n) is 5.86. The lowest BCUT2D eigenvalue weighted by Crippen LogP contribution is -2.25. The Hall–Kier alpha value is -2.70. The van der Waals surface area contributed by atoms with Crippen molar-refractivity contribution in [2.45, 2.75) is 39.3 Å². The number of amides is 1. The van der Waals surface area contributed by atoms with Gasteiger partial charge in [-0.2, -0.15) is 10.2 Å². The van der Waals surface area contributed by atoms with E-state index in [9.17, 15) is 4.79 Å². The largest absolute Gasteiger partial charge is 0.349 e. The van der Waals surface area contributed by atoms with Gasteiger partial charge in [-0.3, -0.25) is 9.48 Å². The molecule has 3 aromatic heterocycles. The fourth-order valence-electron chi connectivity index (χ4n) is 2.68. The van der Waals surface area contributed by atoms with Gasteiger partial charge in [-0.1, -0.05) is 0 Å². The number of carbonyl (C=O) groups is 1. The van der Waals surface area contributed by atoms with E-state index in [0.717, 1.165) is 36.3 Å². The lowest BCUT2D eigenvalue weighted by molar-refractivity contribution is 0.0952. The molecule has 0 radical (unpaired) electrons. The minimum absolute atomic E-state index is 0.104. The second-order valence-corrected chi connectivity index (χ2v) is 5.86. The molecule has 1 aliphatic carbocycles. The van der Waals surface area contributed by atoms with Crippen LogP contribution in [0.1, 0.15) is 35.8 Å². The predicted molar refractivity (Wildman–Crippen MR) is 85.1 cm³/mol. The average Bonchev–Trinajstić information content (AvgIpc) is 3.12. The second kappa shape index (κ2) is 5.19. The zero-order chi connectivity index (χ0) is 16.0. The van der Waals surface area contributed by atoms with Gasteiger partial charge in [0.2, 0.25) is 0 Å². The van der Waals surface area contributed by atoms with Crippen LogP contribution < -0.4 is 5.32 Å². The maximum absolute atomic E-state index is 12.3. The summed E-state index contributed by atoms with van der Waals surface area (Å²) < 4.78 is 3.60. The summed E-state index contributed by atoms with van der Waals surface area (Å²) in [5, 5.41) is 11.8. The molecular formula is C16H18N6O. The first-order chi connectivity index (χ1) is 11.2. The third-order valence-corrected chi connectivity index (χ3v) is 4.10. The standard InChI is InChI=1S/C16H18N6O/c1-3-21-9-13(10(2)20-21)14-6-7-17-15-12(8-18-22(14)15)16(23)19-11-4-5-11/h6-9,11H,3-5H2,1-2H3,(H,19,23). The molecular weight excluding hydrogens is 292 g/mol. The molecule has 7 heteroatoms. The van der Waals surface area contributed by atoms with Crippen LogP contribution in [0.15, 0.2) is 24.7 Å². The molecule has 0 spiro atoms. The molecule has 0 saturated heterocycles. The van der Waals surface area contributed by atoms with E-state index in [1.807, 2.05) is 30.8 Å². The lowest BCUT2D eigenvalue weighted by Gasteiger charge is -2.04. The van der Waals surface area contributed by atoms with Gasteiger partial charge < -0.3 is 5.32 Å². The first-order valence-electron chi connectivity index (χ1n) is 7.85. The molecule has 1 fully saturated rings. The number of aryl methyl sites for hydroxylation is 2. The molecule has 0 unspecified atom stereocenters. The maximum atomic E-state index is 12.3. The molecule has 0 atom stereocenters. The predicted octanol–water partition coefficient (Wildman–Crippen LogP) is 1.81. The highest BCUT2D eigenvalue weighted by Gasteiger charge is 2.26. The van der Waals surface area contributed by atoms with Crippen molar-refractivity contribution in [3.63, 3.8) is 0 Å². The molecule has 3 heterocycles. The fraction of sp³-hybridized carbons (Fsp3) is 0.375. The van der Waals surface area contributed by atoms with Crippen molar-refractivity contribution < 1.29 is 4.79 Å². The first kappa shape index (κ1) is 13.9. The van der Waals surface area contributed by atoms with Crippen LogP contribution >= 0.6 is 0 Å². The highest BCUT2D eigenvalue weighted by atomic mass is 16.1. The summed E-state index contributed by atoms with van der Waals surface area (Å²) in [5.41, 5.74) is 3.90. The zero-order valence-electron chi connectivity index (χ0n) is 13.2. The minimum Gasteiger partial charge on any atom is -0.349 e. The van der Waals surface area contributed by atoms with Crippen LogP contribution in [0.4, 0.5) is 0 Å². The molecule has 0 aromatic carbocycles. The van der Waals surface area contributed by atoms with E-state index in [4.69, 9.17) is 0 Å². The number of nitrogens with zero attached hydrogens (tertiary/aromatic N) is 5. The SMILES string of the molecule is CCn1cc(-c2ccnc3c(C(=O)NC4CC4)cnn23)c(C)n1. The van der Waals surface area contributed by atoms with Crippen LogP contribution in [0.25, 0.3) is 16.9 Å². The van der Waals surface area contributed by atoms with Gasteiger partial charge in [0.05, 0.1) is 17.6 Å². The van der Waals surface area contributed by atoms with Gasteiger partial charge in [0, 0.05) is 30.5 Å². The molecule has 1 N–H and O–H groups in total. The Kier molecular flexibility index (Phi) is 3.14. The normalized spacial score (nSPS) is 14.3. The van der Waals surface area contributed by atoms with E-state index in [0.29, 0.717) is 17.3 Å². The number of carbonyl (C=O) groups excluding carboxylic acids is 1. The van der Waals surface area contributed by atoms with E-state index in [-0.39, 0.29) is 5.91 Å². The molecule has 23 heavy (non-hydrogen) atoms. The molecule has 0 aliphatic heterocycles. The zero-order valence-corrected chi connectivity index (χ0v) is 13.2. The topological polar surface area (TPSA) is 77.1 Å². The number of rotatable bonds is 4. The number of hydrogen-bond donors (Lipinski definition) is 1. The molecule has 4 rings (SSSR count). The third-order valence-electron chi connectivity index (χ3n) is 4.10.